The second-order valence-corrected chi connectivity index (χ2v) is 5.08. The molecule has 2 aromatic heterocycles. The van der Waals surface area contributed by atoms with E-state index < -0.39 is 0 Å². The van der Waals surface area contributed by atoms with E-state index in [-0.39, 0.29) is 11.7 Å². The van der Waals surface area contributed by atoms with Gasteiger partial charge in [0.2, 0.25) is 5.82 Å². The number of methoxy groups -OCH3 is 1. The maximum atomic E-state index is 11.9. The Kier molecular flexibility index (Phi) is 3.07. The molecular weight excluding hydrogens is 278 g/mol. The smallest absolute Gasteiger partial charge is 0.297 e. The summed E-state index contributed by atoms with van der Waals surface area (Å²) in [5, 5.41) is 9.61. The van der Waals surface area contributed by atoms with Crippen LogP contribution in [0.1, 0.15) is 16.4 Å². The van der Waals surface area contributed by atoms with Crippen LogP contribution < -0.4 is 10.1 Å². The van der Waals surface area contributed by atoms with Crippen LogP contribution in [0.4, 0.5) is 5.13 Å². The predicted octanol–water partition coefficient (Wildman–Crippen LogP) is 1.98. The molecule has 0 radical (unpaired) electrons. The number of thiazole rings is 1. The number of hydrogen-bond donors (Lipinski definition) is 2. The summed E-state index contributed by atoms with van der Waals surface area (Å²) in [5.41, 5.74) is 0.803. The zero-order valence-corrected chi connectivity index (χ0v) is 11.6. The number of carbonyl (C=O) groups excluding carboxylic acids is 1. The van der Waals surface area contributed by atoms with Gasteiger partial charge in [-0.15, -0.1) is 5.10 Å². The van der Waals surface area contributed by atoms with E-state index in [0.29, 0.717) is 11.0 Å². The molecule has 0 unspecified atom stereocenters. The Labute approximate surface area is 118 Å². The lowest BCUT2D eigenvalue weighted by Gasteiger charge is -1.96. The van der Waals surface area contributed by atoms with Crippen molar-refractivity contribution in [1.29, 1.82) is 0 Å². The van der Waals surface area contributed by atoms with Crippen LogP contribution in [-0.4, -0.2) is 33.2 Å². The van der Waals surface area contributed by atoms with Gasteiger partial charge in [-0.1, -0.05) is 11.3 Å². The molecule has 0 saturated heterocycles. The van der Waals surface area contributed by atoms with E-state index in [1.54, 1.807) is 14.0 Å². The maximum Gasteiger partial charge on any atom is 0.297 e. The summed E-state index contributed by atoms with van der Waals surface area (Å²) < 4.78 is 6.09. The Morgan fingerprint density at radius 1 is 1.40 bits per heavy atom. The van der Waals surface area contributed by atoms with E-state index in [1.165, 1.54) is 11.3 Å². The second-order valence-electron chi connectivity index (χ2n) is 4.05. The molecule has 0 saturated carbocycles. The Morgan fingerprint density at radius 2 is 2.25 bits per heavy atom. The number of benzene rings is 1. The Hall–Kier alpha value is -2.48. The minimum atomic E-state index is -0.389. The number of H-pyrrole nitrogens is 1. The first-order chi connectivity index (χ1) is 9.65. The summed E-state index contributed by atoms with van der Waals surface area (Å²) in [6.07, 6.45) is 0. The van der Waals surface area contributed by atoms with Gasteiger partial charge in [0, 0.05) is 0 Å². The van der Waals surface area contributed by atoms with Crippen LogP contribution in [0.5, 0.6) is 5.75 Å². The van der Waals surface area contributed by atoms with Crippen LogP contribution in [-0.2, 0) is 0 Å². The molecule has 1 amide bonds. The van der Waals surface area contributed by atoms with E-state index in [4.69, 9.17) is 4.74 Å². The number of anilines is 1. The normalized spacial score (nSPS) is 10.7. The summed E-state index contributed by atoms with van der Waals surface area (Å²) in [5.74, 6) is 1.05. The minimum absolute atomic E-state index is 0.0966. The monoisotopic (exact) mass is 289 g/mol. The number of fused-ring (bicyclic) bond motifs is 1. The molecule has 3 rings (SSSR count). The Bertz CT molecular complexity index is 779. The molecule has 1 aromatic carbocycles. The summed E-state index contributed by atoms with van der Waals surface area (Å²) >= 11 is 1.37. The van der Waals surface area contributed by atoms with Gasteiger partial charge >= 0.3 is 0 Å². The number of ether oxygens (including phenoxy) is 1. The lowest BCUT2D eigenvalue weighted by atomic mass is 10.3. The summed E-state index contributed by atoms with van der Waals surface area (Å²) in [4.78, 5) is 20.2. The van der Waals surface area contributed by atoms with Gasteiger partial charge < -0.3 is 4.74 Å². The molecule has 3 aromatic rings. The van der Waals surface area contributed by atoms with Crippen molar-refractivity contribution in [1.82, 2.24) is 20.2 Å². The molecule has 0 bridgehead atoms. The van der Waals surface area contributed by atoms with Crippen molar-refractivity contribution >= 4 is 32.6 Å². The fraction of sp³-hybridized carbons (Fsp3) is 0.167. The van der Waals surface area contributed by atoms with Gasteiger partial charge in [-0.25, -0.2) is 9.97 Å². The lowest BCUT2D eigenvalue weighted by Crippen LogP contribution is -2.13. The van der Waals surface area contributed by atoms with Crippen molar-refractivity contribution in [2.75, 3.05) is 12.4 Å². The topological polar surface area (TPSA) is 92.8 Å². The fourth-order valence-electron chi connectivity index (χ4n) is 1.68. The van der Waals surface area contributed by atoms with Gasteiger partial charge in [-0.2, -0.15) is 0 Å². The summed E-state index contributed by atoms with van der Waals surface area (Å²) in [6, 6.07) is 5.54. The fourth-order valence-corrected chi connectivity index (χ4v) is 2.57. The Balaban J connectivity index is 1.85. The molecule has 20 heavy (non-hydrogen) atoms. The number of aryl methyl sites for hydroxylation is 1. The van der Waals surface area contributed by atoms with Gasteiger partial charge in [0.15, 0.2) is 5.13 Å². The molecule has 0 spiro atoms. The third-order valence-corrected chi connectivity index (χ3v) is 3.55. The van der Waals surface area contributed by atoms with Crippen LogP contribution in [0.25, 0.3) is 10.2 Å². The molecular formula is C12H11N5O2S. The number of carbonyl (C=O) groups is 1. The number of aromatic amines is 1. The Morgan fingerprint density at radius 3 is 2.95 bits per heavy atom. The van der Waals surface area contributed by atoms with Crippen LogP contribution in [0.15, 0.2) is 18.2 Å². The van der Waals surface area contributed by atoms with E-state index in [2.05, 4.69) is 25.5 Å². The molecule has 0 aliphatic rings. The van der Waals surface area contributed by atoms with Crippen molar-refractivity contribution in [2.45, 2.75) is 6.92 Å². The highest BCUT2D eigenvalue weighted by molar-refractivity contribution is 7.22. The van der Waals surface area contributed by atoms with Gasteiger partial charge in [0.25, 0.3) is 5.91 Å². The SMILES string of the molecule is COc1ccc2nc(NC(=O)c3n[nH]c(C)n3)sc2c1. The van der Waals surface area contributed by atoms with Gasteiger partial charge in [-0.05, 0) is 25.1 Å². The highest BCUT2D eigenvalue weighted by Gasteiger charge is 2.14. The molecule has 0 aliphatic carbocycles. The number of aromatic nitrogens is 4. The molecule has 0 fully saturated rings. The first-order valence-electron chi connectivity index (χ1n) is 5.80. The van der Waals surface area contributed by atoms with Gasteiger partial charge in [0.05, 0.1) is 17.3 Å². The average Bonchev–Trinajstić information content (AvgIpc) is 3.03. The van der Waals surface area contributed by atoms with Crippen molar-refractivity contribution in [3.63, 3.8) is 0 Å². The van der Waals surface area contributed by atoms with Crippen molar-refractivity contribution < 1.29 is 9.53 Å². The van der Waals surface area contributed by atoms with Crippen LogP contribution in [0.3, 0.4) is 0 Å². The van der Waals surface area contributed by atoms with Crippen LogP contribution in [0, 0.1) is 6.92 Å². The van der Waals surface area contributed by atoms with Crippen LogP contribution >= 0.6 is 11.3 Å². The van der Waals surface area contributed by atoms with E-state index in [0.717, 1.165) is 16.0 Å². The highest BCUT2D eigenvalue weighted by Crippen LogP contribution is 2.29. The number of rotatable bonds is 3. The lowest BCUT2D eigenvalue weighted by molar-refractivity contribution is 0.101. The molecule has 7 nitrogen and oxygen atoms in total. The minimum Gasteiger partial charge on any atom is -0.497 e. The standard InChI is InChI=1S/C12H11N5O2S/c1-6-13-10(17-16-6)11(18)15-12-14-8-4-3-7(19-2)5-9(8)20-12/h3-5H,1-2H3,(H,13,16,17)(H,14,15,18). The zero-order valence-electron chi connectivity index (χ0n) is 10.8. The van der Waals surface area contributed by atoms with Crippen molar-refractivity contribution in [3.8, 4) is 5.75 Å². The summed E-state index contributed by atoms with van der Waals surface area (Å²) in [6.45, 7) is 1.73. The maximum absolute atomic E-state index is 11.9. The molecule has 0 atom stereocenters. The molecule has 8 heteroatoms. The largest absolute Gasteiger partial charge is 0.497 e. The molecule has 0 aliphatic heterocycles. The highest BCUT2D eigenvalue weighted by atomic mass is 32.1. The third kappa shape index (κ3) is 2.32. The molecule has 102 valence electrons. The number of nitrogens with one attached hydrogen (secondary N) is 2. The molecule has 2 N–H and O–H groups in total. The number of amides is 1. The first-order valence-corrected chi connectivity index (χ1v) is 6.62. The summed E-state index contributed by atoms with van der Waals surface area (Å²) in [7, 11) is 1.61. The number of nitrogens with zero attached hydrogens (tertiary/aromatic N) is 3. The predicted molar refractivity (Wildman–Crippen MR) is 75.2 cm³/mol. The average molecular weight is 289 g/mol. The van der Waals surface area contributed by atoms with Crippen molar-refractivity contribution in [2.24, 2.45) is 0 Å². The van der Waals surface area contributed by atoms with Gasteiger partial charge in [0.1, 0.15) is 11.6 Å². The van der Waals surface area contributed by atoms with E-state index in [9.17, 15) is 4.79 Å². The van der Waals surface area contributed by atoms with Crippen LogP contribution in [0.2, 0.25) is 0 Å². The quantitative estimate of drug-likeness (QED) is 0.769. The third-order valence-electron chi connectivity index (χ3n) is 2.62. The second kappa shape index (κ2) is 4.89. The molecule has 2 heterocycles. The first kappa shape index (κ1) is 12.5. The number of hydrogen-bond acceptors (Lipinski definition) is 6. The van der Waals surface area contributed by atoms with Crippen molar-refractivity contribution in [3.05, 3.63) is 29.8 Å². The van der Waals surface area contributed by atoms with E-state index >= 15 is 0 Å². The van der Waals surface area contributed by atoms with Gasteiger partial charge in [-0.3, -0.25) is 15.2 Å². The zero-order chi connectivity index (χ0) is 14.1. The van der Waals surface area contributed by atoms with E-state index in [1.807, 2.05) is 18.2 Å².